The minimum atomic E-state index is -0.372. The molecule has 0 saturated carbocycles. The average Bonchev–Trinajstić information content (AvgIpc) is 3.13. The van der Waals surface area contributed by atoms with Crippen molar-refractivity contribution in [1.82, 2.24) is 4.90 Å². The lowest BCUT2D eigenvalue weighted by molar-refractivity contribution is 0.0903. The summed E-state index contributed by atoms with van der Waals surface area (Å²) in [7, 11) is 0. The van der Waals surface area contributed by atoms with Gasteiger partial charge >= 0.3 is 0 Å². The predicted molar refractivity (Wildman–Crippen MR) is 113 cm³/mol. The Hall–Kier alpha value is -1.11. The van der Waals surface area contributed by atoms with E-state index in [2.05, 4.69) is 5.32 Å². The Morgan fingerprint density at radius 1 is 1.22 bits per heavy atom. The van der Waals surface area contributed by atoms with Gasteiger partial charge in [-0.15, -0.1) is 0 Å². The highest BCUT2D eigenvalue weighted by atomic mass is 35.5. The SMILES string of the molecule is Fc1cccc(Cl)c1CN(CC1CCCO1)C(=S)Nc1cc(Cl)ccc1Cl. The topological polar surface area (TPSA) is 24.5 Å². The first-order chi connectivity index (χ1) is 12.9. The summed E-state index contributed by atoms with van der Waals surface area (Å²) in [6.45, 7) is 1.46. The maximum atomic E-state index is 14.3. The van der Waals surface area contributed by atoms with E-state index in [1.54, 1.807) is 30.3 Å². The first kappa shape index (κ1) is 20.6. The second kappa shape index (κ2) is 9.39. The summed E-state index contributed by atoms with van der Waals surface area (Å²) >= 11 is 24.0. The first-order valence-corrected chi connectivity index (χ1v) is 10.0. The molecule has 1 unspecified atom stereocenters. The van der Waals surface area contributed by atoms with Crippen LogP contribution in [-0.2, 0) is 11.3 Å². The average molecular weight is 448 g/mol. The van der Waals surface area contributed by atoms with Gasteiger partial charge in [0, 0.05) is 35.3 Å². The Labute approximate surface area is 178 Å². The molecule has 8 heteroatoms. The number of halogens is 4. The zero-order chi connectivity index (χ0) is 19.4. The summed E-state index contributed by atoms with van der Waals surface area (Å²) in [5.41, 5.74) is 0.977. The molecule has 1 fully saturated rings. The number of hydrogen-bond acceptors (Lipinski definition) is 2. The van der Waals surface area contributed by atoms with Gasteiger partial charge in [0.05, 0.1) is 16.8 Å². The van der Waals surface area contributed by atoms with Crippen LogP contribution in [0.1, 0.15) is 18.4 Å². The lowest BCUT2D eigenvalue weighted by atomic mass is 10.1. The molecule has 1 N–H and O–H groups in total. The van der Waals surface area contributed by atoms with E-state index >= 15 is 0 Å². The van der Waals surface area contributed by atoms with Crippen molar-refractivity contribution < 1.29 is 9.13 Å². The Bertz CT molecular complexity index is 810. The van der Waals surface area contributed by atoms with Gasteiger partial charge in [0.2, 0.25) is 0 Å². The summed E-state index contributed by atoms with van der Waals surface area (Å²) in [5.74, 6) is -0.372. The van der Waals surface area contributed by atoms with Crippen molar-refractivity contribution in [3.05, 3.63) is 62.8 Å². The van der Waals surface area contributed by atoms with Gasteiger partial charge < -0.3 is 15.0 Å². The number of nitrogens with one attached hydrogen (secondary N) is 1. The van der Waals surface area contributed by atoms with E-state index in [0.717, 1.165) is 19.4 Å². The standard InChI is InChI=1S/C19H18Cl3FN2OS/c20-12-6-7-16(22)18(9-12)24-19(27)25(10-13-3-2-8-26-13)11-14-15(21)4-1-5-17(14)23/h1,4-7,9,13H,2-3,8,10-11H2,(H,24,27). The molecule has 1 saturated heterocycles. The van der Waals surface area contributed by atoms with Crippen molar-refractivity contribution in [2.75, 3.05) is 18.5 Å². The van der Waals surface area contributed by atoms with Crippen molar-refractivity contribution in [3.63, 3.8) is 0 Å². The fourth-order valence-electron chi connectivity index (χ4n) is 2.92. The van der Waals surface area contributed by atoms with E-state index in [1.807, 2.05) is 4.90 Å². The molecule has 0 spiro atoms. The van der Waals surface area contributed by atoms with Crippen molar-refractivity contribution in [2.45, 2.75) is 25.5 Å². The van der Waals surface area contributed by atoms with Crippen molar-refractivity contribution >= 4 is 57.8 Å². The summed E-state index contributed by atoms with van der Waals surface area (Å²) < 4.78 is 20.0. The van der Waals surface area contributed by atoms with Gasteiger partial charge in [-0.3, -0.25) is 0 Å². The molecule has 144 valence electrons. The van der Waals surface area contributed by atoms with Gasteiger partial charge in [-0.2, -0.15) is 0 Å². The molecule has 1 aliphatic rings. The van der Waals surface area contributed by atoms with Gasteiger partial charge in [0.1, 0.15) is 5.82 Å². The first-order valence-electron chi connectivity index (χ1n) is 8.49. The molecule has 2 aromatic carbocycles. The minimum Gasteiger partial charge on any atom is -0.376 e. The molecule has 2 aromatic rings. The highest BCUT2D eigenvalue weighted by Gasteiger charge is 2.23. The maximum absolute atomic E-state index is 14.3. The molecule has 27 heavy (non-hydrogen) atoms. The summed E-state index contributed by atoms with van der Waals surface area (Å²) in [6, 6.07) is 9.70. The van der Waals surface area contributed by atoms with Gasteiger partial charge in [-0.25, -0.2) is 4.39 Å². The number of nitrogens with zero attached hydrogens (tertiary/aromatic N) is 1. The Morgan fingerprint density at radius 2 is 2.04 bits per heavy atom. The Morgan fingerprint density at radius 3 is 2.74 bits per heavy atom. The predicted octanol–water partition coefficient (Wildman–Crippen LogP) is 6.16. The number of hydrogen-bond donors (Lipinski definition) is 1. The molecule has 1 atom stereocenters. The maximum Gasteiger partial charge on any atom is 0.173 e. The number of anilines is 1. The minimum absolute atomic E-state index is 0.0325. The molecule has 0 radical (unpaired) electrons. The third kappa shape index (κ3) is 5.46. The molecular formula is C19H18Cl3FN2OS. The van der Waals surface area contributed by atoms with Crippen LogP contribution in [0.3, 0.4) is 0 Å². The summed E-state index contributed by atoms with van der Waals surface area (Å²) in [4.78, 5) is 1.84. The fourth-order valence-corrected chi connectivity index (χ4v) is 3.72. The zero-order valence-electron chi connectivity index (χ0n) is 14.4. The smallest absolute Gasteiger partial charge is 0.173 e. The van der Waals surface area contributed by atoms with E-state index in [1.165, 1.54) is 6.07 Å². The Kier molecular flexibility index (Phi) is 7.17. The molecular weight excluding hydrogens is 430 g/mol. The van der Waals surface area contributed by atoms with E-state index in [9.17, 15) is 4.39 Å². The Balaban J connectivity index is 1.82. The van der Waals surface area contributed by atoms with Crippen LogP contribution in [0.4, 0.5) is 10.1 Å². The highest BCUT2D eigenvalue weighted by molar-refractivity contribution is 7.80. The van der Waals surface area contributed by atoms with Crippen molar-refractivity contribution in [1.29, 1.82) is 0 Å². The van der Waals surface area contributed by atoms with Crippen molar-refractivity contribution in [3.8, 4) is 0 Å². The lowest BCUT2D eigenvalue weighted by Crippen LogP contribution is -2.39. The molecule has 0 aromatic heterocycles. The van der Waals surface area contributed by atoms with Crippen LogP contribution in [0.25, 0.3) is 0 Å². The van der Waals surface area contributed by atoms with E-state index in [4.69, 9.17) is 51.8 Å². The largest absolute Gasteiger partial charge is 0.376 e. The van der Waals surface area contributed by atoms with Crippen LogP contribution >= 0.6 is 47.0 Å². The second-order valence-corrected chi connectivity index (χ2v) is 7.91. The monoisotopic (exact) mass is 446 g/mol. The number of benzene rings is 2. The fraction of sp³-hybridized carbons (Fsp3) is 0.316. The normalized spacial score (nSPS) is 16.4. The van der Waals surface area contributed by atoms with Gasteiger partial charge in [-0.05, 0) is 55.4 Å². The van der Waals surface area contributed by atoms with Crippen LogP contribution in [0, 0.1) is 5.82 Å². The summed E-state index contributed by atoms with van der Waals surface area (Å²) in [6.07, 6.45) is 1.96. The molecule has 3 nitrogen and oxygen atoms in total. The van der Waals surface area contributed by atoms with Gasteiger partial charge in [0.15, 0.2) is 5.11 Å². The van der Waals surface area contributed by atoms with Gasteiger partial charge in [-0.1, -0.05) is 40.9 Å². The van der Waals surface area contributed by atoms with Crippen LogP contribution < -0.4 is 5.32 Å². The van der Waals surface area contributed by atoms with Gasteiger partial charge in [0.25, 0.3) is 0 Å². The van der Waals surface area contributed by atoms with Crippen LogP contribution in [0.2, 0.25) is 15.1 Å². The number of thiocarbonyl (C=S) groups is 1. The quantitative estimate of drug-likeness (QED) is 0.554. The van der Waals surface area contributed by atoms with E-state index < -0.39 is 0 Å². The van der Waals surface area contributed by atoms with Crippen LogP contribution in [0.15, 0.2) is 36.4 Å². The molecule has 0 amide bonds. The molecule has 3 rings (SSSR count). The highest BCUT2D eigenvalue weighted by Crippen LogP contribution is 2.27. The van der Waals surface area contributed by atoms with Crippen LogP contribution in [0.5, 0.6) is 0 Å². The number of ether oxygens (including phenoxy) is 1. The lowest BCUT2D eigenvalue weighted by Gasteiger charge is -2.29. The van der Waals surface area contributed by atoms with E-state index in [0.29, 0.717) is 38.0 Å². The van der Waals surface area contributed by atoms with E-state index in [-0.39, 0.29) is 18.5 Å². The number of rotatable bonds is 5. The molecule has 1 heterocycles. The summed E-state index contributed by atoms with van der Waals surface area (Å²) in [5, 5.41) is 4.88. The third-order valence-corrected chi connectivity index (χ3v) is 5.59. The van der Waals surface area contributed by atoms with Crippen LogP contribution in [-0.4, -0.2) is 29.3 Å². The molecule has 1 aliphatic heterocycles. The second-order valence-electron chi connectivity index (χ2n) is 6.27. The zero-order valence-corrected chi connectivity index (χ0v) is 17.4. The third-order valence-electron chi connectivity index (χ3n) is 4.32. The van der Waals surface area contributed by atoms with Crippen molar-refractivity contribution in [2.24, 2.45) is 0 Å². The molecule has 0 bridgehead atoms. The molecule has 0 aliphatic carbocycles.